The van der Waals surface area contributed by atoms with Crippen LogP contribution in [0.15, 0.2) is 27.7 Å². The van der Waals surface area contributed by atoms with Gasteiger partial charge in [-0.05, 0) is 28.1 Å². The molecule has 1 aromatic rings. The number of ether oxygens (including phenoxy) is 1. The molecule has 0 unspecified atom stereocenters. The highest BCUT2D eigenvalue weighted by molar-refractivity contribution is 9.10. The van der Waals surface area contributed by atoms with E-state index in [1.54, 1.807) is 25.3 Å². The van der Waals surface area contributed by atoms with Gasteiger partial charge in [0.05, 0.1) is 17.3 Å². The van der Waals surface area contributed by atoms with Crippen LogP contribution in [-0.2, 0) is 4.79 Å². The second-order valence-corrected chi connectivity index (χ2v) is 2.88. The molecule has 0 aromatic heterocycles. The van der Waals surface area contributed by atoms with Gasteiger partial charge in [0.2, 0.25) is 6.08 Å². The summed E-state index contributed by atoms with van der Waals surface area (Å²) in [4.78, 5) is 13.4. The summed E-state index contributed by atoms with van der Waals surface area (Å²) in [6.45, 7) is 0. The Morgan fingerprint density at radius 1 is 1.58 bits per heavy atom. The lowest BCUT2D eigenvalue weighted by molar-refractivity contribution is 0.412. The van der Waals surface area contributed by atoms with Gasteiger partial charge in [0.15, 0.2) is 0 Å². The SMILES string of the molecule is COc1cc(N=C=O)ccc1Br. The maximum Gasteiger partial charge on any atom is 0.240 e. The molecule has 0 saturated heterocycles. The molecule has 12 heavy (non-hydrogen) atoms. The van der Waals surface area contributed by atoms with E-state index in [4.69, 9.17) is 4.74 Å². The normalized spacial score (nSPS) is 8.83. The third-order valence-corrected chi connectivity index (χ3v) is 1.96. The second-order valence-electron chi connectivity index (χ2n) is 2.02. The average molecular weight is 228 g/mol. The maximum absolute atomic E-state index is 9.91. The van der Waals surface area contributed by atoms with Crippen LogP contribution < -0.4 is 4.74 Å². The third kappa shape index (κ3) is 1.94. The Kier molecular flexibility index (Phi) is 3.02. The van der Waals surface area contributed by atoms with Crippen LogP contribution in [0, 0.1) is 0 Å². The molecular formula is C8H6BrNO2. The van der Waals surface area contributed by atoms with Gasteiger partial charge < -0.3 is 4.74 Å². The third-order valence-electron chi connectivity index (χ3n) is 1.31. The molecular weight excluding hydrogens is 222 g/mol. The summed E-state index contributed by atoms with van der Waals surface area (Å²) >= 11 is 3.28. The number of isocyanates is 1. The van der Waals surface area contributed by atoms with Crippen molar-refractivity contribution in [3.8, 4) is 5.75 Å². The van der Waals surface area contributed by atoms with Gasteiger partial charge in [0, 0.05) is 6.07 Å². The summed E-state index contributed by atoms with van der Waals surface area (Å²) < 4.78 is 5.82. The molecule has 0 heterocycles. The van der Waals surface area contributed by atoms with Gasteiger partial charge in [-0.3, -0.25) is 0 Å². The van der Waals surface area contributed by atoms with Crippen molar-refractivity contribution in [2.45, 2.75) is 0 Å². The van der Waals surface area contributed by atoms with Gasteiger partial charge in [-0.25, -0.2) is 4.79 Å². The van der Waals surface area contributed by atoms with Crippen LogP contribution in [0.5, 0.6) is 5.75 Å². The first-order valence-corrected chi connectivity index (χ1v) is 3.98. The molecule has 0 radical (unpaired) electrons. The molecule has 0 aliphatic heterocycles. The molecule has 62 valence electrons. The van der Waals surface area contributed by atoms with Crippen molar-refractivity contribution in [1.29, 1.82) is 0 Å². The monoisotopic (exact) mass is 227 g/mol. The summed E-state index contributed by atoms with van der Waals surface area (Å²) in [6.07, 6.45) is 1.46. The van der Waals surface area contributed by atoms with Crippen molar-refractivity contribution in [3.63, 3.8) is 0 Å². The molecule has 0 fully saturated rings. The van der Waals surface area contributed by atoms with E-state index in [0.29, 0.717) is 11.4 Å². The number of hydrogen-bond donors (Lipinski definition) is 0. The molecule has 3 nitrogen and oxygen atoms in total. The maximum atomic E-state index is 9.91. The van der Waals surface area contributed by atoms with E-state index in [9.17, 15) is 4.79 Å². The topological polar surface area (TPSA) is 38.7 Å². The molecule has 0 aliphatic rings. The summed E-state index contributed by atoms with van der Waals surface area (Å²) in [6, 6.07) is 5.10. The van der Waals surface area contributed by atoms with Crippen LogP contribution in [0.25, 0.3) is 0 Å². The number of nitrogens with zero attached hydrogens (tertiary/aromatic N) is 1. The van der Waals surface area contributed by atoms with Crippen molar-refractivity contribution >= 4 is 27.7 Å². The van der Waals surface area contributed by atoms with Gasteiger partial charge in [0.1, 0.15) is 5.75 Å². The zero-order valence-electron chi connectivity index (χ0n) is 6.37. The Hall–Kier alpha value is -1.12. The van der Waals surface area contributed by atoms with Gasteiger partial charge in [-0.2, -0.15) is 4.99 Å². The van der Waals surface area contributed by atoms with Crippen molar-refractivity contribution in [1.82, 2.24) is 0 Å². The average Bonchev–Trinajstić information content (AvgIpc) is 2.09. The van der Waals surface area contributed by atoms with E-state index in [2.05, 4.69) is 20.9 Å². The smallest absolute Gasteiger partial charge is 0.240 e. The van der Waals surface area contributed by atoms with Crippen molar-refractivity contribution in [2.75, 3.05) is 7.11 Å². The zero-order chi connectivity index (χ0) is 8.97. The lowest BCUT2D eigenvalue weighted by Gasteiger charge is -2.01. The molecule has 1 aromatic carbocycles. The minimum atomic E-state index is 0.532. The van der Waals surface area contributed by atoms with Crippen LogP contribution >= 0.6 is 15.9 Å². The Bertz CT molecular complexity index is 332. The van der Waals surface area contributed by atoms with Crippen molar-refractivity contribution in [2.24, 2.45) is 4.99 Å². The first kappa shape index (κ1) is 8.97. The highest BCUT2D eigenvalue weighted by Gasteiger charge is 1.99. The number of hydrogen-bond acceptors (Lipinski definition) is 3. The molecule has 0 bridgehead atoms. The fraction of sp³-hybridized carbons (Fsp3) is 0.125. The first-order valence-electron chi connectivity index (χ1n) is 3.19. The Morgan fingerprint density at radius 2 is 2.33 bits per heavy atom. The first-order chi connectivity index (χ1) is 5.77. The van der Waals surface area contributed by atoms with Gasteiger partial charge in [0.25, 0.3) is 0 Å². The number of rotatable bonds is 2. The lowest BCUT2D eigenvalue weighted by Crippen LogP contribution is -1.82. The number of carbonyl (C=O) groups excluding carboxylic acids is 1. The van der Waals surface area contributed by atoms with Crippen molar-refractivity contribution < 1.29 is 9.53 Å². The minimum Gasteiger partial charge on any atom is -0.495 e. The molecule has 1 rings (SSSR count). The Labute approximate surface area is 78.2 Å². The molecule has 0 saturated carbocycles. The summed E-state index contributed by atoms with van der Waals surface area (Å²) in [5.74, 6) is 0.645. The highest BCUT2D eigenvalue weighted by Crippen LogP contribution is 2.28. The second kappa shape index (κ2) is 4.04. The Morgan fingerprint density at radius 3 is 2.92 bits per heavy atom. The van der Waals surface area contributed by atoms with E-state index < -0.39 is 0 Å². The van der Waals surface area contributed by atoms with Crippen LogP contribution in [-0.4, -0.2) is 13.2 Å². The fourth-order valence-electron chi connectivity index (χ4n) is 0.771. The van der Waals surface area contributed by atoms with Crippen LogP contribution in [0.1, 0.15) is 0 Å². The van der Waals surface area contributed by atoms with E-state index in [0.717, 1.165) is 4.47 Å². The summed E-state index contributed by atoms with van der Waals surface area (Å²) in [7, 11) is 1.55. The van der Waals surface area contributed by atoms with Gasteiger partial charge in [-0.1, -0.05) is 0 Å². The predicted molar refractivity (Wildman–Crippen MR) is 48.5 cm³/mol. The number of halogens is 1. The fourth-order valence-corrected chi connectivity index (χ4v) is 1.18. The quantitative estimate of drug-likeness (QED) is 0.575. The molecule has 0 amide bonds. The van der Waals surface area contributed by atoms with Crippen LogP contribution in [0.4, 0.5) is 5.69 Å². The van der Waals surface area contributed by atoms with Crippen molar-refractivity contribution in [3.05, 3.63) is 22.7 Å². The zero-order valence-corrected chi connectivity index (χ0v) is 7.96. The minimum absolute atomic E-state index is 0.532. The predicted octanol–water partition coefficient (Wildman–Crippen LogP) is 2.43. The molecule has 4 heteroatoms. The van der Waals surface area contributed by atoms with E-state index in [1.165, 1.54) is 6.08 Å². The van der Waals surface area contributed by atoms with E-state index >= 15 is 0 Å². The number of benzene rings is 1. The summed E-state index contributed by atoms with van der Waals surface area (Å²) in [5, 5.41) is 0. The van der Waals surface area contributed by atoms with E-state index in [1.807, 2.05) is 0 Å². The number of methoxy groups -OCH3 is 1. The summed E-state index contributed by atoms with van der Waals surface area (Å²) in [5.41, 5.74) is 0.532. The Balaban J connectivity index is 3.13. The molecule has 0 aliphatic carbocycles. The molecule has 0 spiro atoms. The molecule has 0 N–H and O–H groups in total. The highest BCUT2D eigenvalue weighted by atomic mass is 79.9. The number of aliphatic imine (C=N–C) groups is 1. The van der Waals surface area contributed by atoms with Gasteiger partial charge >= 0.3 is 0 Å². The lowest BCUT2D eigenvalue weighted by atomic mass is 10.3. The van der Waals surface area contributed by atoms with Crippen LogP contribution in [0.3, 0.4) is 0 Å². The van der Waals surface area contributed by atoms with Gasteiger partial charge in [-0.15, -0.1) is 0 Å². The van der Waals surface area contributed by atoms with Crippen LogP contribution in [0.2, 0.25) is 0 Å². The molecule has 0 atom stereocenters. The van der Waals surface area contributed by atoms with E-state index in [-0.39, 0.29) is 0 Å². The standard InChI is InChI=1S/C8H6BrNO2/c1-12-8-4-6(10-5-11)2-3-7(8)9/h2-4H,1H3. The largest absolute Gasteiger partial charge is 0.495 e.